The van der Waals surface area contributed by atoms with Gasteiger partial charge in [0.25, 0.3) is 0 Å². The molecule has 2 heteroatoms. The Morgan fingerprint density at radius 2 is 2.08 bits per heavy atom. The zero-order chi connectivity index (χ0) is 10.6. The van der Waals surface area contributed by atoms with Crippen molar-refractivity contribution in [1.82, 2.24) is 0 Å². The Labute approximate surface area is 79.9 Å². The van der Waals surface area contributed by atoms with Crippen molar-refractivity contribution < 1.29 is 10.9 Å². The lowest BCUT2D eigenvalue weighted by Gasteiger charge is -2.08. The second-order valence-corrected chi connectivity index (χ2v) is 2.99. The third kappa shape index (κ3) is 2.31. The summed E-state index contributed by atoms with van der Waals surface area (Å²) < 4.78 is 11.8. The average molecular weight is 179 g/mol. The minimum atomic E-state index is -0.236. The van der Waals surface area contributed by atoms with E-state index < -0.39 is 0 Å². The zero-order valence-corrected chi connectivity index (χ0v) is 7.91. The molecule has 0 spiro atoms. The standard InChI is InChI=1S/C11H14O2/c1-8-4-6-10(7-5-8)9(2)11(12)13-3/h4-7,9H,1-3H3/i1D. The molecule has 0 aliphatic rings. The highest BCUT2D eigenvalue weighted by atomic mass is 16.5. The van der Waals surface area contributed by atoms with Crippen LogP contribution in [0.5, 0.6) is 0 Å². The number of methoxy groups -OCH3 is 1. The molecule has 1 rings (SSSR count). The van der Waals surface area contributed by atoms with Gasteiger partial charge >= 0.3 is 5.97 Å². The van der Waals surface area contributed by atoms with Crippen molar-refractivity contribution in [1.29, 1.82) is 0 Å². The Morgan fingerprint density at radius 3 is 2.54 bits per heavy atom. The summed E-state index contributed by atoms with van der Waals surface area (Å²) in [5.41, 5.74) is 1.87. The molecule has 1 unspecified atom stereocenters. The van der Waals surface area contributed by atoms with Crippen LogP contribution < -0.4 is 0 Å². The first-order valence-electron chi connectivity index (χ1n) is 4.85. The summed E-state index contributed by atoms with van der Waals surface area (Å²) in [4.78, 5) is 11.2. The Kier molecular flexibility index (Phi) is 2.60. The minimum Gasteiger partial charge on any atom is -0.469 e. The van der Waals surface area contributed by atoms with Crippen molar-refractivity contribution in [2.75, 3.05) is 7.11 Å². The molecule has 0 aliphatic heterocycles. The molecular formula is C11H14O2. The number of aryl methyl sites for hydroxylation is 1. The first-order chi connectivity index (χ1) is 6.69. The maximum Gasteiger partial charge on any atom is 0.312 e. The number of esters is 1. The maximum absolute atomic E-state index is 11.2. The second kappa shape index (κ2) is 4.08. The van der Waals surface area contributed by atoms with Crippen molar-refractivity contribution in [3.8, 4) is 0 Å². The van der Waals surface area contributed by atoms with Crippen LogP contribution in [0.15, 0.2) is 24.3 Å². The molecule has 0 amide bonds. The second-order valence-electron chi connectivity index (χ2n) is 2.99. The average Bonchev–Trinajstić information content (AvgIpc) is 2.27. The topological polar surface area (TPSA) is 26.3 Å². The summed E-state index contributed by atoms with van der Waals surface area (Å²) in [6.07, 6.45) is 0. The molecule has 1 aromatic rings. The van der Waals surface area contributed by atoms with Gasteiger partial charge in [-0.15, -0.1) is 0 Å². The summed E-state index contributed by atoms with van der Waals surface area (Å²) in [5.74, 6) is -0.469. The highest BCUT2D eigenvalue weighted by molar-refractivity contribution is 5.77. The van der Waals surface area contributed by atoms with Crippen molar-refractivity contribution in [3.05, 3.63) is 35.4 Å². The molecule has 0 saturated carbocycles. The van der Waals surface area contributed by atoms with Crippen LogP contribution in [0.3, 0.4) is 0 Å². The summed E-state index contributed by atoms with van der Waals surface area (Å²) in [5, 5.41) is 0. The van der Waals surface area contributed by atoms with Gasteiger partial charge in [-0.2, -0.15) is 0 Å². The van der Waals surface area contributed by atoms with E-state index in [4.69, 9.17) is 1.37 Å². The molecule has 0 aliphatic carbocycles. The fourth-order valence-corrected chi connectivity index (χ4v) is 1.12. The molecule has 1 atom stereocenters. The molecule has 0 N–H and O–H groups in total. The lowest BCUT2D eigenvalue weighted by Crippen LogP contribution is -2.10. The van der Waals surface area contributed by atoms with Crippen LogP contribution in [0.1, 0.15) is 25.3 Å². The smallest absolute Gasteiger partial charge is 0.312 e. The fourth-order valence-electron chi connectivity index (χ4n) is 1.12. The van der Waals surface area contributed by atoms with Gasteiger partial charge in [0.05, 0.1) is 13.0 Å². The van der Waals surface area contributed by atoms with E-state index in [0.29, 0.717) is 0 Å². The Balaban J connectivity index is 2.81. The molecule has 0 saturated heterocycles. The largest absolute Gasteiger partial charge is 0.469 e. The Bertz CT molecular complexity index is 306. The first-order valence-corrected chi connectivity index (χ1v) is 4.15. The molecule has 13 heavy (non-hydrogen) atoms. The highest BCUT2D eigenvalue weighted by Crippen LogP contribution is 2.16. The number of rotatable bonds is 2. The van der Waals surface area contributed by atoms with Crippen molar-refractivity contribution >= 4 is 5.97 Å². The first kappa shape index (κ1) is 8.30. The SMILES string of the molecule is [2H]Cc1ccc(C(C)C(=O)OC)cc1. The molecule has 70 valence electrons. The highest BCUT2D eigenvalue weighted by Gasteiger charge is 2.14. The Hall–Kier alpha value is -1.31. The van der Waals surface area contributed by atoms with E-state index in [1.165, 1.54) is 7.11 Å². The molecular weight excluding hydrogens is 164 g/mol. The zero-order valence-electron chi connectivity index (χ0n) is 8.91. The monoisotopic (exact) mass is 179 g/mol. The van der Waals surface area contributed by atoms with Gasteiger partial charge in [0.15, 0.2) is 0 Å². The molecule has 1 aromatic carbocycles. The van der Waals surface area contributed by atoms with E-state index in [0.717, 1.165) is 11.1 Å². The third-order valence-corrected chi connectivity index (χ3v) is 2.03. The predicted octanol–water partition coefficient (Wildman–Crippen LogP) is 2.27. The van der Waals surface area contributed by atoms with Crippen LogP contribution in [-0.4, -0.2) is 13.1 Å². The summed E-state index contributed by atoms with van der Waals surface area (Å²) in [6, 6.07) is 7.46. The molecule has 2 nitrogen and oxygen atoms in total. The van der Waals surface area contributed by atoms with Gasteiger partial charge in [-0.3, -0.25) is 4.79 Å². The van der Waals surface area contributed by atoms with E-state index in [1.54, 1.807) is 0 Å². The van der Waals surface area contributed by atoms with Gasteiger partial charge in [-0.25, -0.2) is 0 Å². The van der Waals surface area contributed by atoms with Crippen LogP contribution in [0.25, 0.3) is 0 Å². The van der Waals surface area contributed by atoms with Gasteiger partial charge in [-0.05, 0) is 19.4 Å². The lowest BCUT2D eigenvalue weighted by atomic mass is 10.0. The molecule has 0 radical (unpaired) electrons. The number of hydrogen-bond acceptors (Lipinski definition) is 2. The van der Waals surface area contributed by atoms with Gasteiger partial charge in [0.1, 0.15) is 0 Å². The number of benzene rings is 1. The summed E-state index contributed by atoms with van der Waals surface area (Å²) >= 11 is 0. The summed E-state index contributed by atoms with van der Waals surface area (Å²) in [6.45, 7) is 2.08. The van der Waals surface area contributed by atoms with E-state index in [1.807, 2.05) is 31.2 Å². The number of carbonyl (C=O) groups is 1. The molecule has 0 bridgehead atoms. The maximum atomic E-state index is 11.2. The molecule has 0 fully saturated rings. The van der Waals surface area contributed by atoms with Crippen molar-refractivity contribution in [2.24, 2.45) is 0 Å². The van der Waals surface area contributed by atoms with Crippen LogP contribution in [0.4, 0.5) is 0 Å². The predicted molar refractivity (Wildman–Crippen MR) is 51.6 cm³/mol. The number of hydrogen-bond donors (Lipinski definition) is 0. The third-order valence-electron chi connectivity index (χ3n) is 2.03. The summed E-state index contributed by atoms with van der Waals surface area (Å²) in [7, 11) is 1.39. The number of ether oxygens (including phenoxy) is 1. The normalized spacial score (nSPS) is 13.2. The number of carbonyl (C=O) groups excluding carboxylic acids is 1. The fraction of sp³-hybridized carbons (Fsp3) is 0.364. The quantitative estimate of drug-likeness (QED) is 0.651. The minimum absolute atomic E-state index is 0.233. The lowest BCUT2D eigenvalue weighted by molar-refractivity contribution is -0.141. The van der Waals surface area contributed by atoms with Gasteiger partial charge in [-0.1, -0.05) is 29.8 Å². The van der Waals surface area contributed by atoms with E-state index in [-0.39, 0.29) is 18.8 Å². The van der Waals surface area contributed by atoms with E-state index in [2.05, 4.69) is 4.74 Å². The van der Waals surface area contributed by atoms with Crippen molar-refractivity contribution in [3.63, 3.8) is 0 Å². The molecule has 0 aromatic heterocycles. The van der Waals surface area contributed by atoms with Gasteiger partial charge < -0.3 is 4.74 Å². The van der Waals surface area contributed by atoms with Gasteiger partial charge in [0, 0.05) is 1.37 Å². The molecule has 0 heterocycles. The van der Waals surface area contributed by atoms with Crippen LogP contribution >= 0.6 is 0 Å². The van der Waals surface area contributed by atoms with Gasteiger partial charge in [0.2, 0.25) is 0 Å². The van der Waals surface area contributed by atoms with Crippen LogP contribution in [0.2, 0.25) is 0 Å². The van der Waals surface area contributed by atoms with Crippen molar-refractivity contribution in [2.45, 2.75) is 19.7 Å². The van der Waals surface area contributed by atoms with Crippen LogP contribution in [-0.2, 0) is 9.53 Å². The van der Waals surface area contributed by atoms with E-state index in [9.17, 15) is 4.79 Å². The van der Waals surface area contributed by atoms with Crippen LogP contribution in [0, 0.1) is 6.90 Å². The van der Waals surface area contributed by atoms with E-state index >= 15 is 0 Å². The Morgan fingerprint density at radius 1 is 1.46 bits per heavy atom.